The Labute approximate surface area is 155 Å². The first kappa shape index (κ1) is 20.0. The fourth-order valence-electron chi connectivity index (χ4n) is 2.81. The molecule has 142 valence electrons. The van der Waals surface area contributed by atoms with Gasteiger partial charge in [0, 0.05) is 42.9 Å². The summed E-state index contributed by atoms with van der Waals surface area (Å²) in [6, 6.07) is 3.95. The number of aryl methyl sites for hydroxylation is 2. The minimum atomic E-state index is -0.110. The van der Waals surface area contributed by atoms with E-state index >= 15 is 0 Å². The fourth-order valence-corrected chi connectivity index (χ4v) is 2.81. The standard InChI is InChI=1S/C21H29NO4/c1-6-24-10-8-9-22-21(23)11-14(3)17-12-18-15(4)16(5)26-20(18)13-19(17)25-7-2/h11-13H,6-10H2,1-5H3,(H,22,23)/b14-11+. The smallest absolute Gasteiger partial charge is 0.244 e. The Kier molecular flexibility index (Phi) is 7.27. The molecule has 0 saturated heterocycles. The second-order valence-corrected chi connectivity index (χ2v) is 6.23. The molecule has 2 rings (SSSR count). The Bertz CT molecular complexity index is 789. The summed E-state index contributed by atoms with van der Waals surface area (Å²) in [5.74, 6) is 1.52. The molecule has 0 fully saturated rings. The first-order chi connectivity index (χ1) is 12.5. The molecule has 26 heavy (non-hydrogen) atoms. The number of fused-ring (bicyclic) bond motifs is 1. The van der Waals surface area contributed by atoms with Crippen LogP contribution in [0, 0.1) is 13.8 Å². The van der Waals surface area contributed by atoms with E-state index in [2.05, 4.69) is 5.32 Å². The molecule has 0 aliphatic rings. The monoisotopic (exact) mass is 359 g/mol. The van der Waals surface area contributed by atoms with E-state index in [0.29, 0.717) is 26.4 Å². The third-order valence-corrected chi connectivity index (χ3v) is 4.32. The number of hydrogen-bond acceptors (Lipinski definition) is 4. The van der Waals surface area contributed by atoms with Crippen LogP contribution in [0.4, 0.5) is 0 Å². The topological polar surface area (TPSA) is 60.7 Å². The maximum Gasteiger partial charge on any atom is 0.244 e. The van der Waals surface area contributed by atoms with Crippen molar-refractivity contribution in [1.29, 1.82) is 0 Å². The van der Waals surface area contributed by atoms with Gasteiger partial charge in [-0.2, -0.15) is 0 Å². The van der Waals surface area contributed by atoms with Gasteiger partial charge in [-0.1, -0.05) is 0 Å². The first-order valence-corrected chi connectivity index (χ1v) is 9.18. The van der Waals surface area contributed by atoms with Gasteiger partial charge in [0.25, 0.3) is 0 Å². The van der Waals surface area contributed by atoms with Crippen molar-refractivity contribution in [3.8, 4) is 5.75 Å². The van der Waals surface area contributed by atoms with E-state index in [-0.39, 0.29) is 5.91 Å². The van der Waals surface area contributed by atoms with Gasteiger partial charge in [-0.15, -0.1) is 0 Å². The minimum Gasteiger partial charge on any atom is -0.493 e. The molecule has 0 spiro atoms. The highest BCUT2D eigenvalue weighted by atomic mass is 16.5. The summed E-state index contributed by atoms with van der Waals surface area (Å²) < 4.78 is 16.8. The van der Waals surface area contributed by atoms with E-state index in [0.717, 1.165) is 45.6 Å². The number of hydrogen-bond donors (Lipinski definition) is 1. The van der Waals surface area contributed by atoms with Gasteiger partial charge in [-0.3, -0.25) is 4.79 Å². The summed E-state index contributed by atoms with van der Waals surface area (Å²) >= 11 is 0. The van der Waals surface area contributed by atoms with Crippen molar-refractivity contribution in [3.63, 3.8) is 0 Å². The fraction of sp³-hybridized carbons (Fsp3) is 0.476. The Balaban J connectivity index is 2.21. The van der Waals surface area contributed by atoms with E-state index in [1.54, 1.807) is 6.08 Å². The number of rotatable bonds is 9. The second kappa shape index (κ2) is 9.43. The maximum atomic E-state index is 12.2. The quantitative estimate of drug-likeness (QED) is 0.533. The minimum absolute atomic E-state index is 0.110. The number of nitrogens with one attached hydrogen (secondary N) is 1. The maximum absolute atomic E-state index is 12.2. The number of furan rings is 1. The van der Waals surface area contributed by atoms with Gasteiger partial charge in [0.1, 0.15) is 17.1 Å². The van der Waals surface area contributed by atoms with Crippen LogP contribution in [0.1, 0.15) is 44.1 Å². The number of carbonyl (C=O) groups excluding carboxylic acids is 1. The zero-order valence-electron chi connectivity index (χ0n) is 16.4. The van der Waals surface area contributed by atoms with Crippen LogP contribution in [0.3, 0.4) is 0 Å². The molecule has 0 atom stereocenters. The number of ether oxygens (including phenoxy) is 2. The summed E-state index contributed by atoms with van der Waals surface area (Å²) in [5.41, 5.74) is 3.68. The SMILES string of the molecule is CCOCCCNC(=O)/C=C(\C)c1cc2c(C)c(C)oc2cc1OCC. The van der Waals surface area contributed by atoms with Gasteiger partial charge in [0.05, 0.1) is 6.61 Å². The molecule has 1 aromatic carbocycles. The Morgan fingerprint density at radius 1 is 1.23 bits per heavy atom. The Morgan fingerprint density at radius 2 is 2.00 bits per heavy atom. The molecule has 0 bridgehead atoms. The molecular weight excluding hydrogens is 330 g/mol. The number of benzene rings is 1. The zero-order valence-corrected chi connectivity index (χ0v) is 16.4. The van der Waals surface area contributed by atoms with Crippen LogP contribution in [0.5, 0.6) is 5.75 Å². The van der Waals surface area contributed by atoms with Crippen LogP contribution in [0.15, 0.2) is 22.6 Å². The van der Waals surface area contributed by atoms with Crippen LogP contribution in [-0.2, 0) is 9.53 Å². The lowest BCUT2D eigenvalue weighted by atomic mass is 10.0. The number of amides is 1. The van der Waals surface area contributed by atoms with Gasteiger partial charge in [0.15, 0.2) is 0 Å². The highest BCUT2D eigenvalue weighted by molar-refractivity contribution is 5.97. The molecule has 0 aliphatic carbocycles. The molecule has 5 heteroatoms. The number of carbonyl (C=O) groups is 1. The van der Waals surface area contributed by atoms with E-state index < -0.39 is 0 Å². The van der Waals surface area contributed by atoms with Gasteiger partial charge in [-0.25, -0.2) is 0 Å². The molecule has 2 aromatic rings. The average molecular weight is 359 g/mol. The summed E-state index contributed by atoms with van der Waals surface area (Å²) in [6.07, 6.45) is 2.42. The van der Waals surface area contributed by atoms with Crippen LogP contribution < -0.4 is 10.1 Å². The lowest BCUT2D eigenvalue weighted by Crippen LogP contribution is -2.23. The van der Waals surface area contributed by atoms with Crippen LogP contribution in [-0.4, -0.2) is 32.3 Å². The van der Waals surface area contributed by atoms with E-state index in [4.69, 9.17) is 13.9 Å². The van der Waals surface area contributed by atoms with Crippen molar-refractivity contribution in [2.75, 3.05) is 26.4 Å². The molecule has 1 amide bonds. The van der Waals surface area contributed by atoms with Crippen molar-refractivity contribution >= 4 is 22.4 Å². The predicted octanol–water partition coefficient (Wildman–Crippen LogP) is 4.39. The van der Waals surface area contributed by atoms with Crippen LogP contribution >= 0.6 is 0 Å². The Morgan fingerprint density at radius 3 is 2.69 bits per heavy atom. The van der Waals surface area contributed by atoms with Crippen molar-refractivity contribution in [2.45, 2.75) is 41.0 Å². The number of allylic oxidation sites excluding steroid dienone is 1. The molecular formula is C21H29NO4. The largest absolute Gasteiger partial charge is 0.493 e. The van der Waals surface area contributed by atoms with Crippen molar-refractivity contribution < 1.29 is 18.7 Å². The third kappa shape index (κ3) is 4.88. The third-order valence-electron chi connectivity index (χ3n) is 4.32. The van der Waals surface area contributed by atoms with E-state index in [1.165, 1.54) is 0 Å². The van der Waals surface area contributed by atoms with Gasteiger partial charge in [-0.05, 0) is 58.2 Å². The van der Waals surface area contributed by atoms with E-state index in [9.17, 15) is 4.79 Å². The van der Waals surface area contributed by atoms with Crippen LogP contribution in [0.2, 0.25) is 0 Å². The van der Waals surface area contributed by atoms with Crippen molar-refractivity contribution in [3.05, 3.63) is 35.1 Å². The first-order valence-electron chi connectivity index (χ1n) is 9.18. The highest BCUT2D eigenvalue weighted by Gasteiger charge is 2.14. The van der Waals surface area contributed by atoms with Crippen molar-refractivity contribution in [2.24, 2.45) is 0 Å². The lowest BCUT2D eigenvalue weighted by molar-refractivity contribution is -0.116. The molecule has 0 radical (unpaired) electrons. The van der Waals surface area contributed by atoms with Crippen LogP contribution in [0.25, 0.3) is 16.5 Å². The molecule has 5 nitrogen and oxygen atoms in total. The predicted molar refractivity (Wildman–Crippen MR) is 105 cm³/mol. The normalized spacial score (nSPS) is 11.8. The summed E-state index contributed by atoms with van der Waals surface area (Å²) in [6.45, 7) is 12.3. The average Bonchev–Trinajstić information content (AvgIpc) is 2.88. The van der Waals surface area contributed by atoms with Gasteiger partial charge >= 0.3 is 0 Å². The summed E-state index contributed by atoms with van der Waals surface area (Å²) in [5, 5.41) is 3.94. The zero-order chi connectivity index (χ0) is 19.1. The lowest BCUT2D eigenvalue weighted by Gasteiger charge is -2.11. The highest BCUT2D eigenvalue weighted by Crippen LogP contribution is 2.34. The van der Waals surface area contributed by atoms with E-state index in [1.807, 2.05) is 46.8 Å². The molecule has 0 aliphatic heterocycles. The second-order valence-electron chi connectivity index (χ2n) is 6.23. The molecule has 0 saturated carbocycles. The van der Waals surface area contributed by atoms with Gasteiger partial charge in [0.2, 0.25) is 5.91 Å². The Hall–Kier alpha value is -2.27. The summed E-state index contributed by atoms with van der Waals surface area (Å²) in [4.78, 5) is 12.2. The molecule has 1 N–H and O–H groups in total. The van der Waals surface area contributed by atoms with Gasteiger partial charge < -0.3 is 19.2 Å². The van der Waals surface area contributed by atoms with Crippen molar-refractivity contribution in [1.82, 2.24) is 5.32 Å². The molecule has 1 aromatic heterocycles. The summed E-state index contributed by atoms with van der Waals surface area (Å²) in [7, 11) is 0. The molecule has 0 unspecified atom stereocenters. The molecule has 1 heterocycles.